The molecular weight excluding hydrogens is 298 g/mol. The van der Waals surface area contributed by atoms with E-state index in [0.29, 0.717) is 22.6 Å². The molecule has 7 heteroatoms. The fraction of sp³-hybridized carbons (Fsp3) is 0.333. The fourth-order valence-corrected chi connectivity index (χ4v) is 2.96. The van der Waals surface area contributed by atoms with Crippen LogP contribution in [0.4, 0.5) is 0 Å². The number of fused-ring (bicyclic) bond motifs is 3. The summed E-state index contributed by atoms with van der Waals surface area (Å²) in [6.45, 7) is 2.04. The molecule has 2 heterocycles. The fourth-order valence-electron chi connectivity index (χ4n) is 2.36. The molecule has 1 amide bonds. The van der Waals surface area contributed by atoms with E-state index in [0.717, 1.165) is 29.3 Å². The Bertz CT molecular complexity index is 871. The smallest absolute Gasteiger partial charge is 0.230 e. The Kier molecular flexibility index (Phi) is 3.22. The first-order valence-corrected chi connectivity index (χ1v) is 8.22. The first-order chi connectivity index (χ1) is 10.7. The van der Waals surface area contributed by atoms with Crippen molar-refractivity contribution in [3.63, 3.8) is 0 Å². The molecular formula is C15H15N5OS. The Hall–Kier alpha value is -2.15. The second-order valence-electron chi connectivity index (χ2n) is 5.60. The minimum absolute atomic E-state index is 0.0310. The number of rotatable bonds is 4. The Morgan fingerprint density at radius 2 is 2.27 bits per heavy atom. The first kappa shape index (κ1) is 13.5. The van der Waals surface area contributed by atoms with Crippen LogP contribution in [-0.4, -0.2) is 37.9 Å². The number of aromatic nitrogens is 4. The molecule has 4 rings (SSSR count). The zero-order valence-corrected chi connectivity index (χ0v) is 12.9. The average Bonchev–Trinajstić information content (AvgIpc) is 3.24. The van der Waals surface area contributed by atoms with Crippen molar-refractivity contribution in [2.75, 3.05) is 5.75 Å². The van der Waals surface area contributed by atoms with Crippen LogP contribution in [0.1, 0.15) is 18.4 Å². The van der Waals surface area contributed by atoms with Crippen LogP contribution in [-0.2, 0) is 4.79 Å². The summed E-state index contributed by atoms with van der Waals surface area (Å²) in [5.41, 5.74) is 3.65. The van der Waals surface area contributed by atoms with Gasteiger partial charge in [-0.25, -0.2) is 4.98 Å². The van der Waals surface area contributed by atoms with Gasteiger partial charge in [-0.15, -0.1) is 10.2 Å². The number of hydrogen-bond donors (Lipinski definition) is 2. The number of aryl methyl sites for hydroxylation is 1. The second kappa shape index (κ2) is 5.24. The molecule has 1 saturated carbocycles. The highest BCUT2D eigenvalue weighted by molar-refractivity contribution is 7.99. The van der Waals surface area contributed by atoms with Gasteiger partial charge in [0.15, 0.2) is 5.65 Å². The maximum atomic E-state index is 11.7. The van der Waals surface area contributed by atoms with Crippen molar-refractivity contribution in [1.29, 1.82) is 0 Å². The van der Waals surface area contributed by atoms with Gasteiger partial charge in [0.1, 0.15) is 5.52 Å². The number of H-pyrrole nitrogens is 1. The van der Waals surface area contributed by atoms with Gasteiger partial charge >= 0.3 is 0 Å². The van der Waals surface area contributed by atoms with Crippen molar-refractivity contribution < 1.29 is 4.79 Å². The van der Waals surface area contributed by atoms with Gasteiger partial charge in [-0.1, -0.05) is 23.4 Å². The van der Waals surface area contributed by atoms with Crippen molar-refractivity contribution in [1.82, 2.24) is 25.5 Å². The molecule has 0 spiro atoms. The lowest BCUT2D eigenvalue weighted by molar-refractivity contribution is -0.118. The van der Waals surface area contributed by atoms with E-state index in [2.05, 4.69) is 31.5 Å². The van der Waals surface area contributed by atoms with Crippen LogP contribution in [0.25, 0.3) is 22.1 Å². The summed E-state index contributed by atoms with van der Waals surface area (Å²) in [7, 11) is 0. The molecule has 0 aliphatic heterocycles. The molecule has 22 heavy (non-hydrogen) atoms. The SMILES string of the molecule is Cc1ccc2[nH]c3nc(SCC(=O)NC4CC4)nnc3c2c1. The van der Waals surface area contributed by atoms with Crippen molar-refractivity contribution in [3.8, 4) is 0 Å². The Labute approximate surface area is 131 Å². The molecule has 0 saturated heterocycles. The second-order valence-corrected chi connectivity index (χ2v) is 6.54. The highest BCUT2D eigenvalue weighted by Crippen LogP contribution is 2.24. The third-order valence-electron chi connectivity index (χ3n) is 3.63. The van der Waals surface area contributed by atoms with Gasteiger partial charge in [-0.05, 0) is 31.9 Å². The van der Waals surface area contributed by atoms with Crippen molar-refractivity contribution in [3.05, 3.63) is 23.8 Å². The molecule has 2 aromatic heterocycles. The highest BCUT2D eigenvalue weighted by atomic mass is 32.2. The lowest BCUT2D eigenvalue weighted by Crippen LogP contribution is -2.27. The summed E-state index contributed by atoms with van der Waals surface area (Å²) < 4.78 is 0. The van der Waals surface area contributed by atoms with Crippen molar-refractivity contribution in [2.45, 2.75) is 31.0 Å². The minimum atomic E-state index is 0.0310. The number of nitrogens with zero attached hydrogens (tertiary/aromatic N) is 3. The van der Waals surface area contributed by atoms with E-state index in [-0.39, 0.29) is 5.91 Å². The summed E-state index contributed by atoms with van der Waals surface area (Å²) in [6, 6.07) is 6.51. The normalized spacial score (nSPS) is 14.6. The summed E-state index contributed by atoms with van der Waals surface area (Å²) in [5, 5.41) is 12.9. The molecule has 1 aliphatic rings. The maximum absolute atomic E-state index is 11.7. The number of carbonyl (C=O) groups excluding carboxylic acids is 1. The number of hydrogen-bond acceptors (Lipinski definition) is 5. The molecule has 112 valence electrons. The lowest BCUT2D eigenvalue weighted by atomic mass is 10.2. The monoisotopic (exact) mass is 313 g/mol. The van der Waals surface area contributed by atoms with Crippen molar-refractivity contribution >= 4 is 39.7 Å². The quantitative estimate of drug-likeness (QED) is 0.721. The highest BCUT2D eigenvalue weighted by Gasteiger charge is 2.23. The zero-order valence-electron chi connectivity index (χ0n) is 12.1. The molecule has 0 unspecified atom stereocenters. The Morgan fingerprint density at radius 1 is 1.41 bits per heavy atom. The van der Waals surface area contributed by atoms with Gasteiger partial charge in [0.05, 0.1) is 5.75 Å². The molecule has 6 nitrogen and oxygen atoms in total. The van der Waals surface area contributed by atoms with Gasteiger partial charge in [0, 0.05) is 16.9 Å². The van der Waals surface area contributed by atoms with E-state index < -0.39 is 0 Å². The number of amides is 1. The molecule has 1 aromatic carbocycles. The van der Waals surface area contributed by atoms with E-state index in [1.165, 1.54) is 17.3 Å². The molecule has 0 atom stereocenters. The van der Waals surface area contributed by atoms with E-state index in [9.17, 15) is 4.79 Å². The van der Waals surface area contributed by atoms with Crippen LogP contribution in [0, 0.1) is 6.92 Å². The third-order valence-corrected chi connectivity index (χ3v) is 4.46. The van der Waals surface area contributed by atoms with Crippen molar-refractivity contribution in [2.24, 2.45) is 0 Å². The number of benzene rings is 1. The average molecular weight is 313 g/mol. The first-order valence-electron chi connectivity index (χ1n) is 7.24. The van der Waals surface area contributed by atoms with Crippen LogP contribution in [0.3, 0.4) is 0 Å². The third kappa shape index (κ3) is 2.64. The van der Waals surface area contributed by atoms with Crippen LogP contribution in [0.15, 0.2) is 23.4 Å². The predicted octanol–water partition coefficient (Wildman–Crippen LogP) is 2.19. The zero-order chi connectivity index (χ0) is 15.1. The molecule has 1 fully saturated rings. The summed E-state index contributed by atoms with van der Waals surface area (Å²) >= 11 is 1.31. The van der Waals surface area contributed by atoms with E-state index in [4.69, 9.17) is 0 Å². The number of carbonyl (C=O) groups is 1. The van der Waals surface area contributed by atoms with Gasteiger partial charge in [0.25, 0.3) is 0 Å². The summed E-state index contributed by atoms with van der Waals surface area (Å²) in [5.74, 6) is 0.353. The number of thioether (sulfide) groups is 1. The Morgan fingerprint density at radius 3 is 3.09 bits per heavy atom. The molecule has 0 bridgehead atoms. The van der Waals surface area contributed by atoms with Gasteiger partial charge in [0.2, 0.25) is 11.1 Å². The summed E-state index contributed by atoms with van der Waals surface area (Å²) in [4.78, 5) is 19.4. The van der Waals surface area contributed by atoms with Crippen LogP contribution in [0.2, 0.25) is 0 Å². The molecule has 3 aromatic rings. The number of nitrogens with one attached hydrogen (secondary N) is 2. The topological polar surface area (TPSA) is 83.6 Å². The molecule has 0 radical (unpaired) electrons. The minimum Gasteiger partial charge on any atom is -0.353 e. The van der Waals surface area contributed by atoms with Gasteiger partial charge < -0.3 is 10.3 Å². The Balaban J connectivity index is 1.57. The lowest BCUT2D eigenvalue weighted by Gasteiger charge is -2.01. The summed E-state index contributed by atoms with van der Waals surface area (Å²) in [6.07, 6.45) is 2.18. The van der Waals surface area contributed by atoms with E-state index in [1.807, 2.05) is 19.1 Å². The van der Waals surface area contributed by atoms with Crippen LogP contribution >= 0.6 is 11.8 Å². The van der Waals surface area contributed by atoms with Gasteiger partial charge in [-0.2, -0.15) is 0 Å². The van der Waals surface area contributed by atoms with Crippen LogP contribution < -0.4 is 5.32 Å². The molecule has 2 N–H and O–H groups in total. The van der Waals surface area contributed by atoms with E-state index in [1.54, 1.807) is 0 Å². The molecule has 1 aliphatic carbocycles. The maximum Gasteiger partial charge on any atom is 0.230 e. The van der Waals surface area contributed by atoms with Gasteiger partial charge in [-0.3, -0.25) is 4.79 Å². The number of aromatic amines is 1. The standard InChI is InChI=1S/C15H15N5OS/c1-8-2-5-11-10(6-8)13-14(17-11)18-15(20-19-13)22-7-12(21)16-9-3-4-9/h2,5-6,9H,3-4,7H2,1H3,(H,16,21)(H,17,18,20). The van der Waals surface area contributed by atoms with Crippen LogP contribution in [0.5, 0.6) is 0 Å². The predicted molar refractivity (Wildman–Crippen MR) is 85.8 cm³/mol. The van der Waals surface area contributed by atoms with E-state index >= 15 is 0 Å². The largest absolute Gasteiger partial charge is 0.353 e.